The van der Waals surface area contributed by atoms with Gasteiger partial charge >= 0.3 is 0 Å². The fourth-order valence-electron chi connectivity index (χ4n) is 1.36. The number of aliphatic hydroxyl groups excluding tert-OH is 1. The van der Waals surface area contributed by atoms with Crippen molar-refractivity contribution >= 4 is 29.9 Å². The summed E-state index contributed by atoms with van der Waals surface area (Å²) in [5.41, 5.74) is 0. The van der Waals surface area contributed by atoms with E-state index in [1.54, 1.807) is 0 Å². The molecule has 0 spiro atoms. The highest BCUT2D eigenvalue weighted by Crippen LogP contribution is 2.01. The summed E-state index contributed by atoms with van der Waals surface area (Å²) in [7, 11) is 0. The second-order valence-electron chi connectivity index (χ2n) is 4.97. The fourth-order valence-corrected chi connectivity index (χ4v) is 1.36. The van der Waals surface area contributed by atoms with Gasteiger partial charge in [-0.2, -0.15) is 0 Å². The molecule has 0 radical (unpaired) electrons. The van der Waals surface area contributed by atoms with Crippen LogP contribution in [0.25, 0.3) is 0 Å². The van der Waals surface area contributed by atoms with E-state index in [9.17, 15) is 0 Å². The number of aliphatic hydroxyl groups is 1. The van der Waals surface area contributed by atoms with Crippen LogP contribution < -0.4 is 10.6 Å². The molecular weight excluding hydrogens is 341 g/mol. The molecule has 0 heterocycles. The zero-order chi connectivity index (χ0) is 13.1. The molecule has 3 N–H and O–H groups in total. The Bertz CT molecular complexity index is 210. The van der Waals surface area contributed by atoms with Crippen LogP contribution in [0.1, 0.15) is 40.5 Å². The van der Waals surface area contributed by atoms with E-state index in [1.807, 2.05) is 6.92 Å². The predicted molar refractivity (Wildman–Crippen MR) is 89.7 cm³/mol. The van der Waals surface area contributed by atoms with Gasteiger partial charge in [-0.1, -0.05) is 20.8 Å². The van der Waals surface area contributed by atoms with Crippen molar-refractivity contribution in [2.24, 2.45) is 16.8 Å². The summed E-state index contributed by atoms with van der Waals surface area (Å²) in [6.45, 7) is 11.2. The summed E-state index contributed by atoms with van der Waals surface area (Å²) < 4.78 is 0. The average molecular weight is 371 g/mol. The molecule has 0 aromatic carbocycles. The number of guanidine groups is 1. The van der Waals surface area contributed by atoms with Crippen LogP contribution in [0.5, 0.6) is 0 Å². The zero-order valence-electron chi connectivity index (χ0n) is 12.2. The topological polar surface area (TPSA) is 56.7 Å². The minimum atomic E-state index is 0. The second-order valence-corrected chi connectivity index (χ2v) is 4.97. The van der Waals surface area contributed by atoms with Crippen LogP contribution in [0, 0.1) is 11.8 Å². The smallest absolute Gasteiger partial charge is 0.191 e. The molecular formula is C13H30IN3O. The van der Waals surface area contributed by atoms with Crippen molar-refractivity contribution in [1.29, 1.82) is 0 Å². The normalized spacial score (nSPS) is 13.1. The van der Waals surface area contributed by atoms with E-state index in [0.717, 1.165) is 31.4 Å². The maximum Gasteiger partial charge on any atom is 0.191 e. The van der Waals surface area contributed by atoms with E-state index in [-0.39, 0.29) is 36.5 Å². The molecule has 1 atom stereocenters. The number of hydrogen-bond donors (Lipinski definition) is 3. The highest BCUT2D eigenvalue weighted by molar-refractivity contribution is 14.0. The number of hydrogen-bond acceptors (Lipinski definition) is 2. The highest BCUT2D eigenvalue weighted by Gasteiger charge is 2.01. The Morgan fingerprint density at radius 2 is 1.89 bits per heavy atom. The van der Waals surface area contributed by atoms with Crippen molar-refractivity contribution < 1.29 is 5.11 Å². The monoisotopic (exact) mass is 371 g/mol. The van der Waals surface area contributed by atoms with Gasteiger partial charge in [0.15, 0.2) is 5.96 Å². The van der Waals surface area contributed by atoms with E-state index < -0.39 is 0 Å². The number of nitrogens with one attached hydrogen (secondary N) is 2. The highest BCUT2D eigenvalue weighted by atomic mass is 127. The summed E-state index contributed by atoms with van der Waals surface area (Å²) in [6, 6.07) is 0. The van der Waals surface area contributed by atoms with E-state index in [4.69, 9.17) is 5.11 Å². The Labute approximate surface area is 129 Å². The molecule has 0 aliphatic carbocycles. The third kappa shape index (κ3) is 12.4. The Morgan fingerprint density at radius 3 is 2.39 bits per heavy atom. The first-order valence-electron chi connectivity index (χ1n) is 6.73. The van der Waals surface area contributed by atoms with Gasteiger partial charge in [-0.25, -0.2) is 0 Å². The SMILES string of the molecule is CCNC(=NCC(C)CO)NCCCC(C)C.I. The Balaban J connectivity index is 0. The molecule has 4 nitrogen and oxygen atoms in total. The van der Waals surface area contributed by atoms with Crippen molar-refractivity contribution in [3.8, 4) is 0 Å². The maximum absolute atomic E-state index is 8.94. The first kappa shape index (κ1) is 20.3. The van der Waals surface area contributed by atoms with Gasteiger partial charge in [-0.15, -0.1) is 24.0 Å². The van der Waals surface area contributed by atoms with Crippen LogP contribution in [0.3, 0.4) is 0 Å². The molecule has 0 saturated carbocycles. The van der Waals surface area contributed by atoms with Gasteiger partial charge in [0.1, 0.15) is 0 Å². The van der Waals surface area contributed by atoms with Crippen LogP contribution in [-0.2, 0) is 0 Å². The first-order valence-corrected chi connectivity index (χ1v) is 6.73. The number of aliphatic imine (C=N–C) groups is 1. The van der Waals surface area contributed by atoms with Crippen molar-refractivity contribution in [3.05, 3.63) is 0 Å². The lowest BCUT2D eigenvalue weighted by molar-refractivity contribution is 0.241. The van der Waals surface area contributed by atoms with Crippen molar-refractivity contribution in [1.82, 2.24) is 10.6 Å². The van der Waals surface area contributed by atoms with Gasteiger partial charge in [-0.3, -0.25) is 4.99 Å². The summed E-state index contributed by atoms with van der Waals surface area (Å²) in [4.78, 5) is 4.44. The van der Waals surface area contributed by atoms with Gasteiger partial charge in [0, 0.05) is 26.2 Å². The van der Waals surface area contributed by atoms with Crippen LogP contribution >= 0.6 is 24.0 Å². The van der Waals surface area contributed by atoms with Crippen molar-refractivity contribution in [3.63, 3.8) is 0 Å². The van der Waals surface area contributed by atoms with Gasteiger partial charge < -0.3 is 15.7 Å². The van der Waals surface area contributed by atoms with E-state index in [2.05, 4.69) is 36.4 Å². The average Bonchev–Trinajstić information content (AvgIpc) is 2.30. The minimum Gasteiger partial charge on any atom is -0.396 e. The Hall–Kier alpha value is -0.0400. The van der Waals surface area contributed by atoms with Gasteiger partial charge in [0.25, 0.3) is 0 Å². The molecule has 0 fully saturated rings. The summed E-state index contributed by atoms with van der Waals surface area (Å²) in [6.07, 6.45) is 2.40. The lowest BCUT2D eigenvalue weighted by atomic mass is 10.1. The molecule has 0 aliphatic heterocycles. The summed E-state index contributed by atoms with van der Waals surface area (Å²) in [5, 5.41) is 15.5. The number of rotatable bonds is 8. The Kier molecular flexibility index (Phi) is 15.1. The summed E-state index contributed by atoms with van der Waals surface area (Å²) >= 11 is 0. The third-order valence-electron chi connectivity index (χ3n) is 2.47. The molecule has 0 aromatic rings. The Morgan fingerprint density at radius 1 is 1.22 bits per heavy atom. The lowest BCUT2D eigenvalue weighted by Gasteiger charge is -2.13. The minimum absolute atomic E-state index is 0. The third-order valence-corrected chi connectivity index (χ3v) is 2.47. The van der Waals surface area contributed by atoms with Gasteiger partial charge in [0.2, 0.25) is 0 Å². The van der Waals surface area contributed by atoms with Crippen LogP contribution in [0.2, 0.25) is 0 Å². The molecule has 0 rings (SSSR count). The van der Waals surface area contributed by atoms with Gasteiger partial charge in [-0.05, 0) is 31.6 Å². The number of halogens is 1. The lowest BCUT2D eigenvalue weighted by Crippen LogP contribution is -2.38. The molecule has 18 heavy (non-hydrogen) atoms. The maximum atomic E-state index is 8.94. The predicted octanol–water partition coefficient (Wildman–Crippen LogP) is 2.22. The molecule has 0 bridgehead atoms. The van der Waals surface area contributed by atoms with Crippen LogP contribution in [-0.4, -0.2) is 37.3 Å². The number of nitrogens with zero attached hydrogens (tertiary/aromatic N) is 1. The van der Waals surface area contributed by atoms with E-state index in [0.29, 0.717) is 6.54 Å². The molecule has 0 aliphatic rings. The largest absolute Gasteiger partial charge is 0.396 e. The van der Waals surface area contributed by atoms with Crippen LogP contribution in [0.15, 0.2) is 4.99 Å². The zero-order valence-corrected chi connectivity index (χ0v) is 14.5. The van der Waals surface area contributed by atoms with Crippen molar-refractivity contribution in [2.75, 3.05) is 26.2 Å². The van der Waals surface area contributed by atoms with E-state index >= 15 is 0 Å². The van der Waals surface area contributed by atoms with Crippen molar-refractivity contribution in [2.45, 2.75) is 40.5 Å². The molecule has 1 unspecified atom stereocenters. The van der Waals surface area contributed by atoms with Crippen LogP contribution in [0.4, 0.5) is 0 Å². The molecule has 5 heteroatoms. The molecule has 0 amide bonds. The standard InChI is InChI=1S/C13H29N3O.HI/c1-5-14-13(16-9-12(4)10-17)15-8-6-7-11(2)3;/h11-12,17H,5-10H2,1-4H3,(H2,14,15,16);1H. The molecule has 0 saturated heterocycles. The van der Waals surface area contributed by atoms with Gasteiger partial charge in [0.05, 0.1) is 0 Å². The molecule has 110 valence electrons. The van der Waals surface area contributed by atoms with E-state index in [1.165, 1.54) is 6.42 Å². The quantitative estimate of drug-likeness (QED) is 0.265. The fraction of sp³-hybridized carbons (Fsp3) is 0.923. The summed E-state index contributed by atoms with van der Waals surface area (Å²) in [5.74, 6) is 1.84. The first-order chi connectivity index (χ1) is 8.10. The molecule has 0 aromatic heterocycles. The second kappa shape index (κ2) is 13.4.